The Bertz CT molecular complexity index is 442. The number of allylic oxidation sites excluding steroid dienone is 1. The second kappa shape index (κ2) is 7.11. The normalized spacial score (nSPS) is 18.8. The van der Waals surface area contributed by atoms with E-state index in [4.69, 9.17) is 4.74 Å². The zero-order valence-corrected chi connectivity index (χ0v) is 13.2. The molecule has 0 radical (unpaired) electrons. The van der Waals surface area contributed by atoms with Crippen LogP contribution in [-0.2, 0) is 6.54 Å². The van der Waals surface area contributed by atoms with Gasteiger partial charge in [-0.3, -0.25) is 0 Å². The lowest BCUT2D eigenvalue weighted by molar-refractivity contribution is 0.229. The van der Waals surface area contributed by atoms with E-state index in [0.29, 0.717) is 6.04 Å². The molecule has 0 spiro atoms. The summed E-state index contributed by atoms with van der Waals surface area (Å²) in [7, 11) is 0. The van der Waals surface area contributed by atoms with E-state index in [-0.39, 0.29) is 6.10 Å². The summed E-state index contributed by atoms with van der Waals surface area (Å²) in [5, 5.41) is 3.43. The van der Waals surface area contributed by atoms with Crippen molar-refractivity contribution in [1.29, 1.82) is 0 Å². The molecule has 0 aliphatic heterocycles. The van der Waals surface area contributed by atoms with Crippen molar-refractivity contribution in [1.82, 2.24) is 5.32 Å². The Hall–Kier alpha value is -0.800. The predicted molar refractivity (Wildman–Crippen MR) is 83.5 cm³/mol. The van der Waals surface area contributed by atoms with Crippen LogP contribution in [0.15, 0.2) is 34.8 Å². The minimum atomic E-state index is 0.237. The maximum atomic E-state index is 6.02. The molecule has 19 heavy (non-hydrogen) atoms. The van der Waals surface area contributed by atoms with Crippen molar-refractivity contribution in [2.24, 2.45) is 0 Å². The first-order chi connectivity index (χ1) is 9.15. The van der Waals surface area contributed by atoms with Gasteiger partial charge < -0.3 is 10.1 Å². The molecule has 0 bridgehead atoms. The lowest BCUT2D eigenvalue weighted by atomic mass is 10.1. The first-order valence-corrected chi connectivity index (χ1v) is 7.79. The molecule has 0 fully saturated rings. The van der Waals surface area contributed by atoms with E-state index < -0.39 is 0 Å². The maximum Gasteiger partial charge on any atom is 0.120 e. The zero-order chi connectivity index (χ0) is 13.7. The van der Waals surface area contributed by atoms with Crippen LogP contribution in [0.2, 0.25) is 0 Å². The van der Waals surface area contributed by atoms with Gasteiger partial charge in [-0.1, -0.05) is 35.9 Å². The topological polar surface area (TPSA) is 21.3 Å². The van der Waals surface area contributed by atoms with Gasteiger partial charge in [-0.25, -0.2) is 0 Å². The summed E-state index contributed by atoms with van der Waals surface area (Å²) in [5.41, 5.74) is 1.24. The van der Waals surface area contributed by atoms with Crippen LogP contribution < -0.4 is 10.1 Å². The van der Waals surface area contributed by atoms with E-state index in [1.54, 1.807) is 0 Å². The molecule has 3 heteroatoms. The predicted octanol–water partition coefficient (Wildman–Crippen LogP) is 4.43. The van der Waals surface area contributed by atoms with Crippen molar-refractivity contribution in [2.75, 3.05) is 0 Å². The Morgan fingerprint density at radius 1 is 1.42 bits per heavy atom. The highest BCUT2D eigenvalue weighted by Crippen LogP contribution is 2.25. The zero-order valence-electron chi connectivity index (χ0n) is 11.7. The molecule has 2 rings (SSSR count). The number of benzene rings is 1. The molecule has 1 aromatic carbocycles. The molecule has 1 unspecified atom stereocenters. The van der Waals surface area contributed by atoms with Crippen LogP contribution >= 0.6 is 15.9 Å². The average molecular weight is 324 g/mol. The van der Waals surface area contributed by atoms with Gasteiger partial charge in [-0.15, -0.1) is 0 Å². The fourth-order valence-corrected chi connectivity index (χ4v) is 2.51. The van der Waals surface area contributed by atoms with Crippen molar-refractivity contribution < 1.29 is 4.74 Å². The van der Waals surface area contributed by atoms with E-state index in [1.165, 1.54) is 18.4 Å². The molecule has 2 nitrogen and oxygen atoms in total. The van der Waals surface area contributed by atoms with Gasteiger partial charge in [0.25, 0.3) is 0 Å². The quantitative estimate of drug-likeness (QED) is 0.809. The maximum absolute atomic E-state index is 6.02. The fourth-order valence-electron chi connectivity index (χ4n) is 2.13. The third-order valence-electron chi connectivity index (χ3n) is 3.22. The fraction of sp³-hybridized carbons (Fsp3) is 0.500. The van der Waals surface area contributed by atoms with E-state index in [0.717, 1.165) is 23.2 Å². The number of hydrogen-bond donors (Lipinski definition) is 1. The minimum absolute atomic E-state index is 0.237. The van der Waals surface area contributed by atoms with Crippen molar-refractivity contribution in [3.05, 3.63) is 40.4 Å². The Morgan fingerprint density at radius 3 is 2.95 bits per heavy atom. The standard InChI is InChI=1S/C16H22BrNO/c1-12(2)18-11-13-10-15(8-9-16(13)17)19-14-6-4-3-5-7-14/h4,6,8-10,12,14,18H,3,5,7,11H2,1-2H3. The van der Waals surface area contributed by atoms with Crippen molar-refractivity contribution in [2.45, 2.75) is 51.8 Å². The van der Waals surface area contributed by atoms with Crippen molar-refractivity contribution in [3.8, 4) is 5.75 Å². The minimum Gasteiger partial charge on any atom is -0.486 e. The summed E-state index contributed by atoms with van der Waals surface area (Å²) in [5.74, 6) is 0.959. The summed E-state index contributed by atoms with van der Waals surface area (Å²) in [6, 6.07) is 6.71. The third-order valence-corrected chi connectivity index (χ3v) is 3.99. The number of rotatable bonds is 5. The highest BCUT2D eigenvalue weighted by Gasteiger charge is 2.11. The second-order valence-corrected chi connectivity index (χ2v) is 6.16. The van der Waals surface area contributed by atoms with Gasteiger partial charge in [0.15, 0.2) is 0 Å². The van der Waals surface area contributed by atoms with Gasteiger partial charge in [0, 0.05) is 17.1 Å². The third kappa shape index (κ3) is 4.66. The molecule has 0 aromatic heterocycles. The van der Waals surface area contributed by atoms with Crippen LogP contribution in [0.4, 0.5) is 0 Å². The van der Waals surface area contributed by atoms with Gasteiger partial charge in [0.1, 0.15) is 11.9 Å². The van der Waals surface area contributed by atoms with E-state index >= 15 is 0 Å². The van der Waals surface area contributed by atoms with Gasteiger partial charge in [0.2, 0.25) is 0 Å². The summed E-state index contributed by atoms with van der Waals surface area (Å²) >= 11 is 3.60. The summed E-state index contributed by atoms with van der Waals surface area (Å²) in [6.45, 7) is 5.16. The largest absolute Gasteiger partial charge is 0.486 e. The Balaban J connectivity index is 2.02. The monoisotopic (exact) mass is 323 g/mol. The number of halogens is 1. The van der Waals surface area contributed by atoms with Gasteiger partial charge in [-0.05, 0) is 49.1 Å². The number of hydrogen-bond acceptors (Lipinski definition) is 2. The van der Waals surface area contributed by atoms with Gasteiger partial charge >= 0.3 is 0 Å². The first kappa shape index (κ1) is 14.6. The summed E-state index contributed by atoms with van der Waals surface area (Å²) in [6.07, 6.45) is 8.15. The van der Waals surface area contributed by atoms with E-state index in [9.17, 15) is 0 Å². The van der Waals surface area contributed by atoms with E-state index in [1.807, 2.05) is 6.07 Å². The molecule has 1 aromatic rings. The molecule has 0 saturated heterocycles. The molecule has 104 valence electrons. The van der Waals surface area contributed by atoms with Crippen LogP contribution in [0.3, 0.4) is 0 Å². The average Bonchev–Trinajstić information content (AvgIpc) is 2.40. The van der Waals surface area contributed by atoms with Crippen LogP contribution in [0.5, 0.6) is 5.75 Å². The number of ether oxygens (including phenoxy) is 1. The molecule has 1 atom stereocenters. The molecule has 1 aliphatic rings. The Labute approximate surface area is 124 Å². The molecular formula is C16H22BrNO. The molecular weight excluding hydrogens is 302 g/mol. The smallest absolute Gasteiger partial charge is 0.120 e. The summed E-state index contributed by atoms with van der Waals surface area (Å²) in [4.78, 5) is 0. The van der Waals surface area contributed by atoms with Crippen LogP contribution in [0, 0.1) is 0 Å². The van der Waals surface area contributed by atoms with Crippen LogP contribution in [0.1, 0.15) is 38.7 Å². The van der Waals surface area contributed by atoms with Gasteiger partial charge in [0.05, 0.1) is 0 Å². The van der Waals surface area contributed by atoms with Crippen LogP contribution in [0.25, 0.3) is 0 Å². The lowest BCUT2D eigenvalue weighted by Gasteiger charge is -2.19. The SMILES string of the molecule is CC(C)NCc1cc(OC2C=CCCC2)ccc1Br. The van der Waals surface area contributed by atoms with E-state index in [2.05, 4.69) is 59.4 Å². The number of nitrogens with one attached hydrogen (secondary N) is 1. The molecule has 1 aliphatic carbocycles. The summed E-state index contributed by atoms with van der Waals surface area (Å²) < 4.78 is 7.15. The molecule has 1 N–H and O–H groups in total. The Morgan fingerprint density at radius 2 is 2.26 bits per heavy atom. The highest BCUT2D eigenvalue weighted by atomic mass is 79.9. The molecule has 0 saturated carbocycles. The van der Waals surface area contributed by atoms with Crippen molar-refractivity contribution >= 4 is 15.9 Å². The van der Waals surface area contributed by atoms with Crippen LogP contribution in [-0.4, -0.2) is 12.1 Å². The van der Waals surface area contributed by atoms with Crippen molar-refractivity contribution in [3.63, 3.8) is 0 Å². The molecule has 0 heterocycles. The highest BCUT2D eigenvalue weighted by molar-refractivity contribution is 9.10. The first-order valence-electron chi connectivity index (χ1n) is 7.00. The lowest BCUT2D eigenvalue weighted by Crippen LogP contribution is -2.22. The Kier molecular flexibility index (Phi) is 5.46. The second-order valence-electron chi connectivity index (χ2n) is 5.30. The van der Waals surface area contributed by atoms with Gasteiger partial charge in [-0.2, -0.15) is 0 Å². The molecule has 0 amide bonds.